The molecule has 0 fully saturated rings. The number of carbonyl (C=O) groups excluding carboxylic acids is 2. The molecule has 2 amide bonds. The van der Waals surface area contributed by atoms with E-state index in [9.17, 15) is 9.59 Å². The average Bonchev–Trinajstić information content (AvgIpc) is 2.67. The lowest BCUT2D eigenvalue weighted by Crippen LogP contribution is -2.36. The van der Waals surface area contributed by atoms with Crippen molar-refractivity contribution in [3.05, 3.63) is 58.8 Å². The summed E-state index contributed by atoms with van der Waals surface area (Å²) in [6.45, 7) is 3.94. The number of methoxy groups -OCH3 is 2. The highest BCUT2D eigenvalue weighted by atomic mass is 16.5. The zero-order chi connectivity index (χ0) is 19.6. The number of amides is 2. The Labute approximate surface area is 158 Å². The minimum Gasteiger partial charge on any atom is -0.493 e. The van der Waals surface area contributed by atoms with Crippen LogP contribution in [-0.4, -0.2) is 31.7 Å². The molecule has 2 aliphatic rings. The normalized spacial score (nSPS) is 20.1. The molecule has 1 unspecified atom stereocenters. The number of hydrogen-bond acceptors (Lipinski definition) is 4. The molecule has 27 heavy (non-hydrogen) atoms. The van der Waals surface area contributed by atoms with Crippen LogP contribution in [-0.2, 0) is 4.79 Å². The maximum Gasteiger partial charge on any atom is 0.277 e. The molecule has 0 spiro atoms. The summed E-state index contributed by atoms with van der Waals surface area (Å²) in [5.41, 5.74) is 3.48. The van der Waals surface area contributed by atoms with Crippen LogP contribution in [0.2, 0.25) is 0 Å². The molecule has 0 saturated heterocycles. The Morgan fingerprint density at radius 2 is 1.96 bits per heavy atom. The van der Waals surface area contributed by atoms with Crippen LogP contribution in [0.5, 0.6) is 11.5 Å². The van der Waals surface area contributed by atoms with Crippen molar-refractivity contribution in [2.24, 2.45) is 10.9 Å². The number of carbonyl (C=O) groups is 2. The number of nitrogens with one attached hydrogen (secondary N) is 1. The van der Waals surface area contributed by atoms with Crippen molar-refractivity contribution in [2.45, 2.75) is 20.3 Å². The van der Waals surface area contributed by atoms with Crippen LogP contribution in [0.1, 0.15) is 30.6 Å². The lowest BCUT2D eigenvalue weighted by Gasteiger charge is -2.29. The monoisotopic (exact) mass is 366 g/mol. The van der Waals surface area contributed by atoms with Crippen molar-refractivity contribution in [2.75, 3.05) is 14.2 Å². The van der Waals surface area contributed by atoms with Crippen molar-refractivity contribution in [3.8, 4) is 11.5 Å². The summed E-state index contributed by atoms with van der Waals surface area (Å²) in [5, 5.41) is 2.91. The molecule has 0 bridgehead atoms. The zero-order valence-corrected chi connectivity index (χ0v) is 15.8. The third kappa shape index (κ3) is 3.56. The molecule has 1 heterocycles. The highest BCUT2D eigenvalue weighted by molar-refractivity contribution is 6.14. The summed E-state index contributed by atoms with van der Waals surface area (Å²) in [7, 11) is 3.05. The lowest BCUT2D eigenvalue weighted by atomic mass is 9.84. The predicted molar refractivity (Wildman–Crippen MR) is 103 cm³/mol. The molecule has 3 rings (SSSR count). The van der Waals surface area contributed by atoms with Crippen molar-refractivity contribution in [3.63, 3.8) is 0 Å². The van der Waals surface area contributed by atoms with E-state index in [1.54, 1.807) is 30.4 Å². The van der Waals surface area contributed by atoms with Crippen LogP contribution in [0.4, 0.5) is 0 Å². The van der Waals surface area contributed by atoms with Crippen molar-refractivity contribution < 1.29 is 19.1 Å². The summed E-state index contributed by atoms with van der Waals surface area (Å²) >= 11 is 0. The minimum absolute atomic E-state index is 0.0211. The van der Waals surface area contributed by atoms with Gasteiger partial charge in [-0.15, -0.1) is 0 Å². The van der Waals surface area contributed by atoms with Gasteiger partial charge in [0.2, 0.25) is 0 Å². The topological polar surface area (TPSA) is 77.0 Å². The second-order valence-corrected chi connectivity index (χ2v) is 6.32. The first-order valence-corrected chi connectivity index (χ1v) is 8.74. The maximum atomic E-state index is 12.5. The van der Waals surface area contributed by atoms with E-state index in [0.717, 1.165) is 16.8 Å². The van der Waals surface area contributed by atoms with Crippen LogP contribution in [0.3, 0.4) is 0 Å². The van der Waals surface area contributed by atoms with Crippen molar-refractivity contribution >= 4 is 17.5 Å². The maximum absolute atomic E-state index is 12.5. The Kier molecular flexibility index (Phi) is 5.26. The first-order chi connectivity index (χ1) is 13.0. The van der Waals surface area contributed by atoms with Crippen molar-refractivity contribution in [1.82, 2.24) is 5.32 Å². The fourth-order valence-electron chi connectivity index (χ4n) is 3.32. The van der Waals surface area contributed by atoms with Crippen LogP contribution < -0.4 is 14.8 Å². The number of nitrogens with zero attached hydrogens (tertiary/aromatic N) is 1. The summed E-state index contributed by atoms with van der Waals surface area (Å²) in [4.78, 5) is 28.9. The van der Waals surface area contributed by atoms with Gasteiger partial charge in [-0.3, -0.25) is 9.59 Å². The number of rotatable bonds is 4. The molecular weight excluding hydrogens is 344 g/mol. The Morgan fingerprint density at radius 1 is 1.22 bits per heavy atom. The molecule has 1 aliphatic heterocycles. The number of allylic oxidation sites excluding steroid dienone is 3. The summed E-state index contributed by atoms with van der Waals surface area (Å²) in [6, 6.07) is 4.90. The molecule has 0 saturated carbocycles. The molecule has 1 aromatic rings. The van der Waals surface area contributed by atoms with Crippen molar-refractivity contribution in [1.29, 1.82) is 0 Å². The second-order valence-electron chi connectivity index (χ2n) is 6.32. The molecule has 140 valence electrons. The van der Waals surface area contributed by atoms with Gasteiger partial charge in [-0.05, 0) is 43.7 Å². The SMILES string of the molecule is CCC1=C(C)C2C=CC(=NC(=O)c3ccc(OC)c(OC)c3)C=C2NC1=O. The Balaban J connectivity index is 1.88. The molecule has 6 heteroatoms. The molecular formula is C21H22N2O4. The predicted octanol–water partition coefficient (Wildman–Crippen LogP) is 3.21. The molecule has 0 aromatic heterocycles. The highest BCUT2D eigenvalue weighted by Crippen LogP contribution is 2.31. The van der Waals surface area contributed by atoms with Gasteiger partial charge in [0.05, 0.1) is 19.9 Å². The molecule has 1 atom stereocenters. The molecule has 1 aliphatic carbocycles. The van der Waals surface area contributed by atoms with Gasteiger partial charge >= 0.3 is 0 Å². The first-order valence-electron chi connectivity index (χ1n) is 8.74. The number of hydrogen-bond donors (Lipinski definition) is 1. The molecule has 1 aromatic carbocycles. The van der Waals surface area contributed by atoms with E-state index in [0.29, 0.717) is 29.2 Å². The van der Waals surface area contributed by atoms with Gasteiger partial charge in [0.15, 0.2) is 11.5 Å². The summed E-state index contributed by atoms with van der Waals surface area (Å²) in [6.07, 6.45) is 6.20. The lowest BCUT2D eigenvalue weighted by molar-refractivity contribution is -0.117. The van der Waals surface area contributed by atoms with Crippen LogP contribution >= 0.6 is 0 Å². The number of benzene rings is 1. The zero-order valence-electron chi connectivity index (χ0n) is 15.8. The quantitative estimate of drug-likeness (QED) is 0.888. The third-order valence-corrected chi connectivity index (χ3v) is 4.79. The fraction of sp³-hybridized carbons (Fsp3) is 0.286. The van der Waals surface area contributed by atoms with Gasteiger partial charge in [-0.1, -0.05) is 18.6 Å². The van der Waals surface area contributed by atoms with E-state index < -0.39 is 5.91 Å². The van der Waals surface area contributed by atoms with E-state index in [4.69, 9.17) is 9.47 Å². The number of aliphatic imine (C=N–C) groups is 1. The summed E-state index contributed by atoms with van der Waals surface area (Å²) < 4.78 is 10.4. The van der Waals surface area contributed by atoms with Gasteiger partial charge < -0.3 is 14.8 Å². The van der Waals surface area contributed by atoms with Gasteiger partial charge in [-0.2, -0.15) is 0 Å². The van der Waals surface area contributed by atoms with E-state index in [2.05, 4.69) is 10.3 Å². The third-order valence-electron chi connectivity index (χ3n) is 4.79. The molecule has 0 radical (unpaired) electrons. The molecule has 1 N–H and O–H groups in total. The average molecular weight is 366 g/mol. The Hall–Kier alpha value is -3.15. The highest BCUT2D eigenvalue weighted by Gasteiger charge is 2.28. The largest absolute Gasteiger partial charge is 0.493 e. The van der Waals surface area contributed by atoms with Gasteiger partial charge in [0.1, 0.15) is 0 Å². The van der Waals surface area contributed by atoms with E-state index >= 15 is 0 Å². The van der Waals surface area contributed by atoms with E-state index in [1.165, 1.54) is 14.2 Å². The van der Waals surface area contributed by atoms with Gasteiger partial charge in [-0.25, -0.2) is 4.99 Å². The van der Waals surface area contributed by atoms with Gasteiger partial charge in [0.25, 0.3) is 11.8 Å². The number of ether oxygens (including phenoxy) is 2. The van der Waals surface area contributed by atoms with Crippen LogP contribution in [0.15, 0.2) is 58.3 Å². The van der Waals surface area contributed by atoms with Gasteiger partial charge in [0, 0.05) is 22.8 Å². The summed E-state index contributed by atoms with van der Waals surface area (Å²) in [5.74, 6) is 0.553. The molecule has 6 nitrogen and oxygen atoms in total. The fourth-order valence-corrected chi connectivity index (χ4v) is 3.32. The van der Waals surface area contributed by atoms with Crippen LogP contribution in [0.25, 0.3) is 0 Å². The first kappa shape index (κ1) is 18.6. The Bertz CT molecular complexity index is 922. The smallest absolute Gasteiger partial charge is 0.277 e. The minimum atomic E-state index is -0.394. The van der Waals surface area contributed by atoms with E-state index in [1.807, 2.05) is 19.9 Å². The number of fused-ring (bicyclic) bond motifs is 1. The standard InChI is InChI=1S/C21H22N2O4/c1-5-15-12(2)16-8-7-14(11-17(16)23-21(15)25)22-20(24)13-6-9-18(26-3)19(10-13)27-4/h6-11,16H,5H2,1-4H3,(H,23,25). The van der Waals surface area contributed by atoms with Crippen LogP contribution in [0, 0.1) is 5.92 Å². The second kappa shape index (κ2) is 7.61. The van der Waals surface area contributed by atoms with E-state index in [-0.39, 0.29) is 11.8 Å². The Morgan fingerprint density at radius 3 is 2.63 bits per heavy atom.